The zero-order chi connectivity index (χ0) is 15.6. The van der Waals surface area contributed by atoms with Crippen LogP contribution < -0.4 is 10.1 Å². The summed E-state index contributed by atoms with van der Waals surface area (Å²) in [5, 5.41) is 3.30. The molecule has 112 valence electrons. The van der Waals surface area contributed by atoms with E-state index in [0.717, 1.165) is 0 Å². The van der Waals surface area contributed by atoms with Crippen molar-refractivity contribution in [1.29, 1.82) is 0 Å². The van der Waals surface area contributed by atoms with Gasteiger partial charge in [-0.2, -0.15) is 0 Å². The lowest BCUT2D eigenvalue weighted by Gasteiger charge is -2.29. The fourth-order valence-corrected chi connectivity index (χ4v) is 1.87. The minimum absolute atomic E-state index is 0.230. The van der Waals surface area contributed by atoms with Gasteiger partial charge in [-0.3, -0.25) is 0 Å². The van der Waals surface area contributed by atoms with Crippen molar-refractivity contribution in [2.75, 3.05) is 12.4 Å². The number of esters is 2. The largest absolute Gasteiger partial charge is 0.495 e. The maximum Gasteiger partial charge on any atom is 0.350 e. The molecule has 6 nitrogen and oxygen atoms in total. The molecule has 0 saturated carbocycles. The predicted octanol–water partition coefficient (Wildman–Crippen LogP) is 2.48. The fourth-order valence-electron chi connectivity index (χ4n) is 1.71. The van der Waals surface area contributed by atoms with Crippen LogP contribution in [0.4, 0.5) is 5.69 Å². The smallest absolute Gasteiger partial charge is 0.350 e. The van der Waals surface area contributed by atoms with E-state index in [9.17, 15) is 9.59 Å². The number of benzene rings is 1. The Hall–Kier alpha value is -2.21. The van der Waals surface area contributed by atoms with Crippen molar-refractivity contribution >= 4 is 29.2 Å². The van der Waals surface area contributed by atoms with Crippen LogP contribution >= 0.6 is 11.6 Å². The topological polar surface area (TPSA) is 73.9 Å². The Morgan fingerprint density at radius 3 is 2.43 bits per heavy atom. The second-order valence-corrected chi connectivity index (χ2v) is 5.16. The summed E-state index contributed by atoms with van der Waals surface area (Å²) in [7, 11) is 1.48. The third-order valence-corrected chi connectivity index (χ3v) is 2.89. The average Bonchev–Trinajstić information content (AvgIpc) is 2.37. The summed E-state index contributed by atoms with van der Waals surface area (Å²) >= 11 is 5.85. The second-order valence-electron chi connectivity index (χ2n) is 4.73. The first-order chi connectivity index (χ1) is 9.82. The van der Waals surface area contributed by atoms with Crippen LogP contribution in [0.3, 0.4) is 0 Å². The summed E-state index contributed by atoms with van der Waals surface area (Å²) in [6.45, 7) is 2.96. The molecule has 21 heavy (non-hydrogen) atoms. The molecule has 1 saturated heterocycles. The van der Waals surface area contributed by atoms with Gasteiger partial charge < -0.3 is 19.5 Å². The first-order valence-electron chi connectivity index (χ1n) is 6.09. The number of ether oxygens (including phenoxy) is 3. The van der Waals surface area contributed by atoms with Crippen molar-refractivity contribution in [3.8, 4) is 5.75 Å². The van der Waals surface area contributed by atoms with Crippen LogP contribution in [0.15, 0.2) is 30.0 Å². The molecule has 2 rings (SSSR count). The van der Waals surface area contributed by atoms with Crippen LogP contribution in [0.2, 0.25) is 5.02 Å². The zero-order valence-corrected chi connectivity index (χ0v) is 12.5. The molecule has 1 N–H and O–H groups in total. The monoisotopic (exact) mass is 311 g/mol. The molecule has 1 heterocycles. The van der Waals surface area contributed by atoms with Crippen LogP contribution in [0.5, 0.6) is 5.75 Å². The van der Waals surface area contributed by atoms with Crippen LogP contribution in [0.1, 0.15) is 13.8 Å². The molecule has 1 fully saturated rings. The Kier molecular flexibility index (Phi) is 4.09. The minimum atomic E-state index is -1.26. The van der Waals surface area contributed by atoms with Crippen LogP contribution in [-0.4, -0.2) is 24.8 Å². The standard InChI is InChI=1S/C14H14ClNO5/c1-14(2)20-12(17)9(13(18)21-14)7-16-10-5-4-8(15)6-11(10)19-3/h4-7,16H,1-3H3. The molecule has 7 heteroatoms. The number of nitrogens with one attached hydrogen (secondary N) is 1. The quantitative estimate of drug-likeness (QED) is 0.525. The van der Waals surface area contributed by atoms with Gasteiger partial charge in [-0.25, -0.2) is 9.59 Å². The van der Waals surface area contributed by atoms with E-state index >= 15 is 0 Å². The van der Waals surface area contributed by atoms with Crippen molar-refractivity contribution in [3.05, 3.63) is 35.0 Å². The van der Waals surface area contributed by atoms with Crippen molar-refractivity contribution < 1.29 is 23.8 Å². The number of carbonyl (C=O) groups is 2. The Morgan fingerprint density at radius 2 is 1.86 bits per heavy atom. The lowest BCUT2D eigenvalue weighted by Crippen LogP contribution is -2.42. The maximum atomic E-state index is 11.8. The normalized spacial score (nSPS) is 16.9. The van der Waals surface area contributed by atoms with Gasteiger partial charge >= 0.3 is 11.9 Å². The van der Waals surface area contributed by atoms with Gasteiger partial charge in [0, 0.05) is 31.1 Å². The van der Waals surface area contributed by atoms with Crippen LogP contribution in [0, 0.1) is 0 Å². The van der Waals surface area contributed by atoms with E-state index < -0.39 is 17.7 Å². The van der Waals surface area contributed by atoms with Gasteiger partial charge in [-0.05, 0) is 12.1 Å². The molecule has 1 aromatic rings. The molecule has 1 aromatic carbocycles. The molecule has 0 aromatic heterocycles. The van der Waals surface area contributed by atoms with E-state index in [-0.39, 0.29) is 5.57 Å². The van der Waals surface area contributed by atoms with E-state index in [0.29, 0.717) is 16.5 Å². The van der Waals surface area contributed by atoms with Crippen LogP contribution in [0.25, 0.3) is 0 Å². The van der Waals surface area contributed by atoms with E-state index in [1.165, 1.54) is 27.2 Å². The molecule has 0 aliphatic carbocycles. The van der Waals surface area contributed by atoms with Crippen molar-refractivity contribution in [2.45, 2.75) is 19.6 Å². The van der Waals surface area contributed by atoms with Gasteiger partial charge in [0.05, 0.1) is 12.8 Å². The number of rotatable bonds is 3. The predicted molar refractivity (Wildman–Crippen MR) is 76.0 cm³/mol. The summed E-state index contributed by atoms with van der Waals surface area (Å²) in [4.78, 5) is 23.5. The third kappa shape index (κ3) is 3.46. The summed E-state index contributed by atoms with van der Waals surface area (Å²) in [5.74, 6) is -2.30. The molecule has 0 amide bonds. The Morgan fingerprint density at radius 1 is 1.24 bits per heavy atom. The molecule has 1 aliphatic heterocycles. The third-order valence-electron chi connectivity index (χ3n) is 2.65. The molecular weight excluding hydrogens is 298 g/mol. The fraction of sp³-hybridized carbons (Fsp3) is 0.286. The number of carbonyl (C=O) groups excluding carboxylic acids is 2. The Bertz CT molecular complexity index is 602. The second kappa shape index (κ2) is 5.65. The summed E-state index contributed by atoms with van der Waals surface area (Å²) in [5.41, 5.74) is 0.311. The van der Waals surface area contributed by atoms with E-state index in [1.807, 2.05) is 0 Å². The summed E-state index contributed by atoms with van der Waals surface area (Å²) in [6, 6.07) is 4.90. The lowest BCUT2D eigenvalue weighted by atomic mass is 10.2. The van der Waals surface area contributed by atoms with E-state index in [2.05, 4.69) is 5.32 Å². The van der Waals surface area contributed by atoms with E-state index in [4.69, 9.17) is 25.8 Å². The highest BCUT2D eigenvalue weighted by Gasteiger charge is 2.38. The average molecular weight is 312 g/mol. The first kappa shape index (κ1) is 15.2. The lowest BCUT2D eigenvalue weighted by molar-refractivity contribution is -0.222. The highest BCUT2D eigenvalue weighted by molar-refractivity contribution is 6.30. The molecule has 0 bridgehead atoms. The molecule has 0 unspecified atom stereocenters. The van der Waals surface area contributed by atoms with Crippen molar-refractivity contribution in [1.82, 2.24) is 0 Å². The number of hydrogen-bond acceptors (Lipinski definition) is 6. The Balaban J connectivity index is 2.22. The summed E-state index contributed by atoms with van der Waals surface area (Å²) < 4.78 is 15.1. The molecule has 0 radical (unpaired) electrons. The van der Waals surface area contributed by atoms with Gasteiger partial charge in [-0.15, -0.1) is 0 Å². The molecule has 1 aliphatic rings. The van der Waals surface area contributed by atoms with E-state index in [1.54, 1.807) is 18.2 Å². The Labute approximate surface area is 126 Å². The van der Waals surface area contributed by atoms with Gasteiger partial charge in [0.1, 0.15) is 5.75 Å². The number of anilines is 1. The van der Waals surface area contributed by atoms with Gasteiger partial charge in [0.15, 0.2) is 5.57 Å². The molecular formula is C14H14ClNO5. The maximum absolute atomic E-state index is 11.8. The van der Waals surface area contributed by atoms with Gasteiger partial charge in [-0.1, -0.05) is 11.6 Å². The zero-order valence-electron chi connectivity index (χ0n) is 11.7. The number of halogens is 1. The molecule has 0 spiro atoms. The minimum Gasteiger partial charge on any atom is -0.495 e. The summed E-state index contributed by atoms with van der Waals surface area (Å²) in [6.07, 6.45) is 1.21. The van der Waals surface area contributed by atoms with Gasteiger partial charge in [0.25, 0.3) is 5.79 Å². The van der Waals surface area contributed by atoms with Crippen LogP contribution in [-0.2, 0) is 19.1 Å². The van der Waals surface area contributed by atoms with Gasteiger partial charge in [0.2, 0.25) is 0 Å². The molecule has 0 atom stereocenters. The van der Waals surface area contributed by atoms with Crippen molar-refractivity contribution in [3.63, 3.8) is 0 Å². The highest BCUT2D eigenvalue weighted by atomic mass is 35.5. The first-order valence-corrected chi connectivity index (χ1v) is 6.47. The highest BCUT2D eigenvalue weighted by Crippen LogP contribution is 2.28. The SMILES string of the molecule is COc1cc(Cl)ccc1NC=C1C(=O)OC(C)(C)OC1=O. The number of cyclic esters (lactones) is 2. The number of methoxy groups -OCH3 is 1. The number of hydrogen-bond donors (Lipinski definition) is 1. The van der Waals surface area contributed by atoms with Crippen molar-refractivity contribution in [2.24, 2.45) is 0 Å².